The molecule has 3 N–H and O–H groups in total. The molecule has 11 heteroatoms. The molecular weight excluding hydrogens is 417 g/mol. The Morgan fingerprint density at radius 2 is 1.97 bits per heavy atom. The van der Waals surface area contributed by atoms with Crippen LogP contribution >= 0.6 is 0 Å². The lowest BCUT2D eigenvalue weighted by atomic mass is 9.78. The average Bonchev–Trinajstić information content (AvgIpc) is 3.00. The molecule has 0 radical (unpaired) electrons. The number of methoxy groups -OCH3 is 1. The fraction of sp³-hybridized carbons (Fsp3) is 0.400. The van der Waals surface area contributed by atoms with Crippen LogP contribution in [0.3, 0.4) is 0 Å². The van der Waals surface area contributed by atoms with Crippen molar-refractivity contribution < 1.29 is 32.2 Å². The first-order valence-electron chi connectivity index (χ1n) is 9.29. The summed E-state index contributed by atoms with van der Waals surface area (Å²) in [6.07, 6.45) is -3.62. The third-order valence-electron chi connectivity index (χ3n) is 5.54. The lowest BCUT2D eigenvalue weighted by molar-refractivity contribution is -0.272. The molecule has 0 bridgehead atoms. The van der Waals surface area contributed by atoms with Crippen LogP contribution in [-0.2, 0) is 9.53 Å². The van der Waals surface area contributed by atoms with Gasteiger partial charge < -0.3 is 20.5 Å². The van der Waals surface area contributed by atoms with Crippen molar-refractivity contribution in [2.24, 2.45) is 11.7 Å². The van der Waals surface area contributed by atoms with Gasteiger partial charge in [0.15, 0.2) is 5.60 Å². The van der Waals surface area contributed by atoms with Gasteiger partial charge in [-0.1, -0.05) is 6.92 Å². The maximum absolute atomic E-state index is 13.9. The first kappa shape index (κ1) is 22.5. The highest BCUT2D eigenvalue weighted by Crippen LogP contribution is 2.54. The number of nitrogens with two attached hydrogens (primary N) is 1. The Morgan fingerprint density at radius 3 is 2.58 bits per heavy atom. The fourth-order valence-electron chi connectivity index (χ4n) is 3.65. The highest BCUT2D eigenvalue weighted by atomic mass is 19.4. The van der Waals surface area contributed by atoms with E-state index in [1.54, 1.807) is 12.1 Å². The van der Waals surface area contributed by atoms with E-state index in [-0.39, 0.29) is 22.8 Å². The second-order valence-corrected chi connectivity index (χ2v) is 7.33. The Hall–Kier alpha value is -3.21. The average molecular weight is 438 g/mol. The van der Waals surface area contributed by atoms with Gasteiger partial charge in [-0.3, -0.25) is 19.6 Å². The molecule has 1 aliphatic heterocycles. The molecule has 1 unspecified atom stereocenters. The molecule has 4 atom stereocenters. The van der Waals surface area contributed by atoms with Crippen LogP contribution in [0.2, 0.25) is 0 Å². The summed E-state index contributed by atoms with van der Waals surface area (Å²) in [6.45, 7) is 2.27. The maximum atomic E-state index is 13.9. The summed E-state index contributed by atoms with van der Waals surface area (Å²) in [4.78, 5) is 32.3. The minimum atomic E-state index is -4.74. The second kappa shape index (κ2) is 8.14. The lowest BCUT2D eigenvalue weighted by Gasteiger charge is -2.31. The van der Waals surface area contributed by atoms with Crippen molar-refractivity contribution in [3.63, 3.8) is 0 Å². The Bertz CT molecular complexity index is 1000. The smallest absolute Gasteiger partial charge is 0.417 e. The van der Waals surface area contributed by atoms with Crippen molar-refractivity contribution in [2.75, 3.05) is 12.4 Å². The summed E-state index contributed by atoms with van der Waals surface area (Å²) < 4.78 is 52.3. The standard InChI is InChI=1S/C20H21F3N4O4/c1-10-14(15-13(30-3)5-4-7-26-15)16(31-19(10,2)20(21,22)23)18(29)27-11-6-8-25-12(9-11)17(24)28/h4-10,14,16H,1-3H3,(H2,24,28)(H,25,27,29)/t10-,14+,16+,19?/m0/s1. The lowest BCUT2D eigenvalue weighted by Crippen LogP contribution is -2.47. The Kier molecular flexibility index (Phi) is 5.90. The topological polar surface area (TPSA) is 116 Å². The Balaban J connectivity index is 2.01. The van der Waals surface area contributed by atoms with Crippen molar-refractivity contribution in [3.05, 3.63) is 48.0 Å². The molecule has 0 aromatic carbocycles. The van der Waals surface area contributed by atoms with Gasteiger partial charge in [-0.25, -0.2) is 0 Å². The van der Waals surface area contributed by atoms with Gasteiger partial charge in [0.2, 0.25) is 0 Å². The van der Waals surface area contributed by atoms with E-state index in [2.05, 4.69) is 15.3 Å². The van der Waals surface area contributed by atoms with E-state index >= 15 is 0 Å². The van der Waals surface area contributed by atoms with E-state index in [1.165, 1.54) is 38.6 Å². The molecule has 2 aromatic heterocycles. The molecule has 1 fully saturated rings. The number of nitrogens with zero attached hydrogens (tertiary/aromatic N) is 2. The minimum Gasteiger partial charge on any atom is -0.495 e. The highest BCUT2D eigenvalue weighted by Gasteiger charge is 2.66. The van der Waals surface area contributed by atoms with E-state index < -0.39 is 41.5 Å². The van der Waals surface area contributed by atoms with Crippen LogP contribution in [0.1, 0.15) is 35.9 Å². The summed E-state index contributed by atoms with van der Waals surface area (Å²) in [7, 11) is 1.36. The van der Waals surface area contributed by atoms with Gasteiger partial charge in [0.1, 0.15) is 17.5 Å². The molecule has 2 aromatic rings. The normalized spacial score (nSPS) is 25.8. The number of hydrogen-bond acceptors (Lipinski definition) is 6. The van der Waals surface area contributed by atoms with Crippen LogP contribution in [0.4, 0.5) is 18.9 Å². The van der Waals surface area contributed by atoms with Gasteiger partial charge >= 0.3 is 6.18 Å². The number of nitrogens with one attached hydrogen (secondary N) is 1. The van der Waals surface area contributed by atoms with E-state index in [4.69, 9.17) is 15.2 Å². The van der Waals surface area contributed by atoms with Crippen LogP contribution in [0.25, 0.3) is 0 Å². The molecule has 1 saturated heterocycles. The van der Waals surface area contributed by atoms with E-state index in [9.17, 15) is 22.8 Å². The van der Waals surface area contributed by atoms with E-state index in [1.807, 2.05) is 0 Å². The molecule has 0 saturated carbocycles. The number of carbonyl (C=O) groups is 2. The number of alkyl halides is 3. The van der Waals surface area contributed by atoms with Crippen molar-refractivity contribution >= 4 is 17.5 Å². The zero-order chi connectivity index (χ0) is 23.0. The predicted molar refractivity (Wildman–Crippen MR) is 103 cm³/mol. The van der Waals surface area contributed by atoms with Gasteiger partial charge in [0.05, 0.1) is 12.8 Å². The Labute approximate surface area is 176 Å². The third kappa shape index (κ3) is 4.05. The number of ether oxygens (including phenoxy) is 2. The molecule has 3 rings (SSSR count). The number of rotatable bonds is 5. The zero-order valence-corrected chi connectivity index (χ0v) is 16.9. The number of halogens is 3. The highest BCUT2D eigenvalue weighted by molar-refractivity contribution is 5.97. The number of aromatic nitrogens is 2. The fourth-order valence-corrected chi connectivity index (χ4v) is 3.65. The van der Waals surface area contributed by atoms with Crippen LogP contribution in [0.15, 0.2) is 36.7 Å². The molecule has 166 valence electrons. The number of pyridine rings is 2. The number of carbonyl (C=O) groups excluding carboxylic acids is 2. The van der Waals surface area contributed by atoms with Gasteiger partial charge in [-0.15, -0.1) is 0 Å². The van der Waals surface area contributed by atoms with Crippen molar-refractivity contribution in [2.45, 2.75) is 37.6 Å². The molecule has 2 amide bonds. The van der Waals surface area contributed by atoms with E-state index in [0.717, 1.165) is 6.92 Å². The first-order chi connectivity index (χ1) is 14.5. The Morgan fingerprint density at radius 1 is 1.26 bits per heavy atom. The zero-order valence-electron chi connectivity index (χ0n) is 16.9. The largest absolute Gasteiger partial charge is 0.495 e. The summed E-state index contributed by atoms with van der Waals surface area (Å²) >= 11 is 0. The molecule has 0 aliphatic carbocycles. The number of hydrogen-bond donors (Lipinski definition) is 2. The number of anilines is 1. The van der Waals surface area contributed by atoms with Crippen LogP contribution in [0.5, 0.6) is 5.75 Å². The van der Waals surface area contributed by atoms with Gasteiger partial charge in [-0.2, -0.15) is 13.2 Å². The predicted octanol–water partition coefficient (Wildman–Crippen LogP) is 2.66. The van der Waals surface area contributed by atoms with Crippen LogP contribution in [0, 0.1) is 5.92 Å². The van der Waals surface area contributed by atoms with Crippen molar-refractivity contribution in [1.29, 1.82) is 0 Å². The van der Waals surface area contributed by atoms with Crippen molar-refractivity contribution in [3.8, 4) is 5.75 Å². The van der Waals surface area contributed by atoms with Gasteiger partial charge in [0.25, 0.3) is 11.8 Å². The van der Waals surface area contributed by atoms with Gasteiger partial charge in [0, 0.05) is 29.9 Å². The monoisotopic (exact) mass is 438 g/mol. The quantitative estimate of drug-likeness (QED) is 0.742. The molecular formula is C20H21F3N4O4. The molecule has 8 nitrogen and oxygen atoms in total. The second-order valence-electron chi connectivity index (χ2n) is 7.33. The van der Waals surface area contributed by atoms with Crippen molar-refractivity contribution in [1.82, 2.24) is 9.97 Å². The molecule has 0 spiro atoms. The summed E-state index contributed by atoms with van der Waals surface area (Å²) in [5, 5.41) is 2.48. The summed E-state index contributed by atoms with van der Waals surface area (Å²) in [5.74, 6) is -3.63. The van der Waals surface area contributed by atoms with E-state index in [0.29, 0.717) is 0 Å². The van der Waals surface area contributed by atoms with Crippen LogP contribution in [-0.4, -0.2) is 46.8 Å². The molecule has 31 heavy (non-hydrogen) atoms. The minimum absolute atomic E-state index is 0.110. The first-order valence-corrected chi connectivity index (χ1v) is 9.29. The summed E-state index contributed by atoms with van der Waals surface area (Å²) in [6, 6.07) is 5.72. The molecule has 3 heterocycles. The summed E-state index contributed by atoms with van der Waals surface area (Å²) in [5.41, 5.74) is 2.79. The number of primary amides is 1. The molecule has 1 aliphatic rings. The van der Waals surface area contributed by atoms with Gasteiger partial charge in [-0.05, 0) is 31.2 Å². The number of amides is 2. The third-order valence-corrected chi connectivity index (χ3v) is 5.54. The maximum Gasteiger partial charge on any atom is 0.417 e. The SMILES string of the molecule is COc1cccnc1[C@@H]1[C@H](C(=O)Nc2ccnc(C(N)=O)c2)OC(C)(C(F)(F)F)[C@H]1C. The van der Waals surface area contributed by atoms with Crippen LogP contribution < -0.4 is 15.8 Å².